The minimum absolute atomic E-state index is 0.450. The Hall–Kier alpha value is -1.57. The summed E-state index contributed by atoms with van der Waals surface area (Å²) < 4.78 is 10.5. The van der Waals surface area contributed by atoms with Crippen LogP contribution >= 0.6 is 0 Å². The lowest BCUT2D eigenvalue weighted by molar-refractivity contribution is 0.184. The van der Waals surface area contributed by atoms with Crippen molar-refractivity contribution in [1.29, 1.82) is 5.26 Å². The Morgan fingerprint density at radius 2 is 2.31 bits per heavy atom. The molecule has 1 unspecified atom stereocenters. The third kappa shape index (κ3) is 4.30. The zero-order valence-corrected chi connectivity index (χ0v) is 9.35. The quantitative estimate of drug-likeness (QED) is 0.787. The summed E-state index contributed by atoms with van der Waals surface area (Å²) in [6.45, 7) is 1.01. The molecule has 0 heterocycles. The number of nitrogens with zero attached hydrogens (tertiary/aromatic N) is 1. The van der Waals surface area contributed by atoms with Crippen molar-refractivity contribution in [3.63, 3.8) is 0 Å². The standard InChI is InChI=1S/C12H16N2O2/c1-15-9-10-3-2-4-12(7-10)16-6-5-11(14)8-13/h2-4,7,11H,5-6,9,14H2,1H3. The van der Waals surface area contributed by atoms with Gasteiger partial charge < -0.3 is 15.2 Å². The second kappa shape index (κ2) is 6.83. The summed E-state index contributed by atoms with van der Waals surface area (Å²) >= 11 is 0. The van der Waals surface area contributed by atoms with Gasteiger partial charge in [0.1, 0.15) is 5.75 Å². The smallest absolute Gasteiger partial charge is 0.119 e. The van der Waals surface area contributed by atoms with Gasteiger partial charge in [0.15, 0.2) is 0 Å². The molecule has 0 aromatic heterocycles. The van der Waals surface area contributed by atoms with E-state index >= 15 is 0 Å². The molecular weight excluding hydrogens is 204 g/mol. The van der Waals surface area contributed by atoms with Crippen LogP contribution in [0.4, 0.5) is 0 Å². The maximum atomic E-state index is 8.50. The molecule has 4 heteroatoms. The Morgan fingerprint density at radius 1 is 1.50 bits per heavy atom. The number of nitriles is 1. The first-order valence-electron chi connectivity index (χ1n) is 5.12. The molecule has 0 radical (unpaired) electrons. The third-order valence-electron chi connectivity index (χ3n) is 2.07. The number of ether oxygens (including phenoxy) is 2. The summed E-state index contributed by atoms with van der Waals surface area (Å²) in [5.41, 5.74) is 6.51. The van der Waals surface area contributed by atoms with Crippen molar-refractivity contribution in [2.24, 2.45) is 5.73 Å². The van der Waals surface area contributed by atoms with Crippen LogP contribution in [0.1, 0.15) is 12.0 Å². The molecule has 1 rings (SSSR count). The van der Waals surface area contributed by atoms with Crippen LogP contribution in [0.15, 0.2) is 24.3 Å². The molecule has 0 aliphatic carbocycles. The second-order valence-corrected chi connectivity index (χ2v) is 3.45. The average molecular weight is 220 g/mol. The lowest BCUT2D eigenvalue weighted by Gasteiger charge is -2.08. The van der Waals surface area contributed by atoms with Gasteiger partial charge in [-0.05, 0) is 17.7 Å². The molecule has 0 bridgehead atoms. The van der Waals surface area contributed by atoms with Crippen LogP contribution in [0.5, 0.6) is 5.75 Å². The summed E-state index contributed by atoms with van der Waals surface area (Å²) in [6, 6.07) is 9.17. The van der Waals surface area contributed by atoms with E-state index in [1.54, 1.807) is 7.11 Å². The Balaban J connectivity index is 2.42. The van der Waals surface area contributed by atoms with Crippen LogP contribution in [0, 0.1) is 11.3 Å². The fourth-order valence-electron chi connectivity index (χ4n) is 1.26. The predicted molar refractivity (Wildman–Crippen MR) is 60.9 cm³/mol. The SMILES string of the molecule is COCc1cccc(OCCC(N)C#N)c1. The summed E-state index contributed by atoms with van der Waals surface area (Å²) in [5.74, 6) is 0.777. The summed E-state index contributed by atoms with van der Waals surface area (Å²) in [4.78, 5) is 0. The van der Waals surface area contributed by atoms with Gasteiger partial charge in [-0.1, -0.05) is 12.1 Å². The number of rotatable bonds is 6. The zero-order valence-electron chi connectivity index (χ0n) is 9.35. The molecule has 86 valence electrons. The molecule has 1 aromatic carbocycles. The molecular formula is C12H16N2O2. The number of hydrogen-bond acceptors (Lipinski definition) is 4. The highest BCUT2D eigenvalue weighted by Crippen LogP contribution is 2.14. The highest BCUT2D eigenvalue weighted by atomic mass is 16.5. The Morgan fingerprint density at radius 3 is 3.00 bits per heavy atom. The maximum Gasteiger partial charge on any atom is 0.119 e. The number of methoxy groups -OCH3 is 1. The highest BCUT2D eigenvalue weighted by Gasteiger charge is 2.01. The van der Waals surface area contributed by atoms with Gasteiger partial charge in [-0.2, -0.15) is 5.26 Å². The molecule has 0 aliphatic heterocycles. The van der Waals surface area contributed by atoms with E-state index in [0.717, 1.165) is 11.3 Å². The first kappa shape index (κ1) is 12.5. The molecule has 2 N–H and O–H groups in total. The van der Waals surface area contributed by atoms with E-state index < -0.39 is 6.04 Å². The van der Waals surface area contributed by atoms with Crippen LogP contribution in [-0.2, 0) is 11.3 Å². The summed E-state index contributed by atoms with van der Waals surface area (Å²) in [6.07, 6.45) is 0.533. The van der Waals surface area contributed by atoms with Crippen LogP contribution < -0.4 is 10.5 Å². The monoisotopic (exact) mass is 220 g/mol. The van der Waals surface area contributed by atoms with Crippen molar-refractivity contribution < 1.29 is 9.47 Å². The van der Waals surface area contributed by atoms with E-state index in [1.165, 1.54) is 0 Å². The van der Waals surface area contributed by atoms with Gasteiger partial charge in [0.25, 0.3) is 0 Å². The molecule has 1 aromatic rings. The van der Waals surface area contributed by atoms with E-state index in [4.69, 9.17) is 20.5 Å². The van der Waals surface area contributed by atoms with Crippen LogP contribution in [0.2, 0.25) is 0 Å². The molecule has 0 fully saturated rings. The first-order chi connectivity index (χ1) is 7.76. The molecule has 1 atom stereocenters. The second-order valence-electron chi connectivity index (χ2n) is 3.45. The molecule has 0 saturated heterocycles. The Labute approximate surface area is 95.6 Å². The van der Waals surface area contributed by atoms with E-state index in [0.29, 0.717) is 19.6 Å². The minimum atomic E-state index is -0.456. The van der Waals surface area contributed by atoms with Crippen molar-refractivity contribution in [2.75, 3.05) is 13.7 Å². The van der Waals surface area contributed by atoms with Crippen LogP contribution in [0.3, 0.4) is 0 Å². The van der Waals surface area contributed by atoms with Crippen LogP contribution in [0.25, 0.3) is 0 Å². The topological polar surface area (TPSA) is 68.3 Å². The summed E-state index contributed by atoms with van der Waals surface area (Å²) in [7, 11) is 1.65. The molecule has 0 spiro atoms. The van der Waals surface area contributed by atoms with Crippen molar-refractivity contribution in [3.05, 3.63) is 29.8 Å². The normalized spacial score (nSPS) is 11.8. The van der Waals surface area contributed by atoms with Gasteiger partial charge in [0, 0.05) is 13.5 Å². The van der Waals surface area contributed by atoms with Gasteiger partial charge in [0.05, 0.1) is 25.3 Å². The molecule has 16 heavy (non-hydrogen) atoms. The lowest BCUT2D eigenvalue weighted by Crippen LogP contribution is -2.20. The number of nitrogens with two attached hydrogens (primary N) is 1. The minimum Gasteiger partial charge on any atom is -0.493 e. The number of benzene rings is 1. The van der Waals surface area contributed by atoms with Gasteiger partial charge in [0.2, 0.25) is 0 Å². The fraction of sp³-hybridized carbons (Fsp3) is 0.417. The maximum absolute atomic E-state index is 8.50. The van der Waals surface area contributed by atoms with E-state index in [2.05, 4.69) is 0 Å². The van der Waals surface area contributed by atoms with Gasteiger partial charge in [-0.25, -0.2) is 0 Å². The molecule has 0 amide bonds. The van der Waals surface area contributed by atoms with E-state index in [-0.39, 0.29) is 0 Å². The highest BCUT2D eigenvalue weighted by molar-refractivity contribution is 5.28. The van der Waals surface area contributed by atoms with Gasteiger partial charge in [-0.15, -0.1) is 0 Å². The Bertz CT molecular complexity index is 360. The average Bonchev–Trinajstić information content (AvgIpc) is 2.30. The third-order valence-corrected chi connectivity index (χ3v) is 2.07. The lowest BCUT2D eigenvalue weighted by atomic mass is 10.2. The van der Waals surface area contributed by atoms with E-state index in [9.17, 15) is 0 Å². The predicted octanol–water partition coefficient (Wildman–Crippen LogP) is 1.45. The molecule has 0 aliphatic rings. The van der Waals surface area contributed by atoms with Crippen molar-refractivity contribution >= 4 is 0 Å². The van der Waals surface area contributed by atoms with Crippen molar-refractivity contribution in [3.8, 4) is 11.8 Å². The largest absolute Gasteiger partial charge is 0.493 e. The van der Waals surface area contributed by atoms with Gasteiger partial charge in [-0.3, -0.25) is 0 Å². The van der Waals surface area contributed by atoms with Crippen molar-refractivity contribution in [1.82, 2.24) is 0 Å². The first-order valence-corrected chi connectivity index (χ1v) is 5.12. The van der Waals surface area contributed by atoms with Gasteiger partial charge >= 0.3 is 0 Å². The zero-order chi connectivity index (χ0) is 11.8. The van der Waals surface area contributed by atoms with Crippen LogP contribution in [-0.4, -0.2) is 19.8 Å². The molecule has 0 saturated carbocycles. The molecule has 4 nitrogen and oxygen atoms in total. The van der Waals surface area contributed by atoms with Crippen molar-refractivity contribution in [2.45, 2.75) is 19.1 Å². The van der Waals surface area contributed by atoms with E-state index in [1.807, 2.05) is 30.3 Å². The number of hydrogen-bond donors (Lipinski definition) is 1. The fourth-order valence-corrected chi connectivity index (χ4v) is 1.26. The Kier molecular flexibility index (Phi) is 5.34. The summed E-state index contributed by atoms with van der Waals surface area (Å²) in [5, 5.41) is 8.50.